The van der Waals surface area contributed by atoms with E-state index in [1.165, 1.54) is 17.4 Å². The summed E-state index contributed by atoms with van der Waals surface area (Å²) < 4.78 is 46.0. The zero-order valence-corrected chi connectivity index (χ0v) is 24.8. The van der Waals surface area contributed by atoms with E-state index in [0.717, 1.165) is 34.1 Å². The minimum atomic E-state index is -1.06. The molecule has 1 unspecified atom stereocenters. The van der Waals surface area contributed by atoms with E-state index < -0.39 is 17.6 Å². The Morgan fingerprint density at radius 2 is 1.98 bits per heavy atom. The number of rotatable bonds is 10. The second-order valence-electron chi connectivity index (χ2n) is 10.7. The van der Waals surface area contributed by atoms with Crippen LogP contribution in [0.4, 0.5) is 8.78 Å². The summed E-state index contributed by atoms with van der Waals surface area (Å²) in [5.74, 6) is -1.59. The summed E-state index contributed by atoms with van der Waals surface area (Å²) in [4.78, 5) is 25.9. The minimum Gasteiger partial charge on any atom is -0.478 e. The molecule has 13 heteroatoms. The number of halogens is 2. The molecule has 2 aromatic carbocycles. The lowest BCUT2D eigenvalue weighted by molar-refractivity contribution is -0.0589. The number of aromatic nitrogens is 6. The van der Waals surface area contributed by atoms with Gasteiger partial charge in [-0.3, -0.25) is 4.68 Å². The van der Waals surface area contributed by atoms with Crippen molar-refractivity contribution < 1.29 is 28.2 Å². The highest BCUT2D eigenvalue weighted by Gasteiger charge is 2.24. The molecule has 1 aliphatic rings. The van der Waals surface area contributed by atoms with Gasteiger partial charge in [0.1, 0.15) is 34.8 Å². The fourth-order valence-electron chi connectivity index (χ4n) is 5.19. The van der Waals surface area contributed by atoms with Gasteiger partial charge in [0.15, 0.2) is 0 Å². The fourth-order valence-corrected chi connectivity index (χ4v) is 5.99. The minimum absolute atomic E-state index is 0.00226. The number of hydrogen-bond acceptors (Lipinski definition) is 8. The Labute approximate surface area is 259 Å². The molecule has 0 amide bonds. The first-order valence-electron chi connectivity index (χ1n) is 14.2. The summed E-state index contributed by atoms with van der Waals surface area (Å²) in [5.41, 5.74) is 2.43. The highest BCUT2D eigenvalue weighted by molar-refractivity contribution is 7.15. The van der Waals surface area contributed by atoms with Crippen LogP contribution < -0.4 is 4.74 Å². The molecule has 0 radical (unpaired) electrons. The molecular formula is C32H26F2N6O4S. The molecule has 0 bridgehead atoms. The van der Waals surface area contributed by atoms with Crippen molar-refractivity contribution in [1.29, 1.82) is 0 Å². The van der Waals surface area contributed by atoms with Gasteiger partial charge in [0.05, 0.1) is 39.8 Å². The quantitative estimate of drug-likeness (QED) is 0.200. The van der Waals surface area contributed by atoms with Crippen LogP contribution in [0.3, 0.4) is 0 Å². The number of aryl methyl sites for hydroxylation is 1. The maximum atomic E-state index is 15.5. The molecule has 7 rings (SSSR count). The van der Waals surface area contributed by atoms with Crippen LogP contribution >= 0.6 is 11.3 Å². The zero-order chi connectivity index (χ0) is 31.1. The summed E-state index contributed by atoms with van der Waals surface area (Å²) in [6.45, 7) is 1.23. The summed E-state index contributed by atoms with van der Waals surface area (Å²) in [6.07, 6.45) is 4.38. The van der Waals surface area contributed by atoms with Gasteiger partial charge in [-0.15, -0.1) is 11.3 Å². The van der Waals surface area contributed by atoms with E-state index in [1.807, 2.05) is 23.9 Å². The van der Waals surface area contributed by atoms with Crippen LogP contribution in [0.2, 0.25) is 0 Å². The highest BCUT2D eigenvalue weighted by atomic mass is 32.1. The molecule has 0 aliphatic carbocycles. The van der Waals surface area contributed by atoms with E-state index in [-0.39, 0.29) is 47.4 Å². The molecule has 5 heterocycles. The molecule has 1 saturated heterocycles. The molecule has 6 aromatic rings. The topological polar surface area (TPSA) is 117 Å². The van der Waals surface area contributed by atoms with Crippen molar-refractivity contribution in [3.8, 4) is 27.7 Å². The van der Waals surface area contributed by atoms with Crippen LogP contribution in [-0.4, -0.2) is 53.1 Å². The van der Waals surface area contributed by atoms with E-state index in [2.05, 4.69) is 20.1 Å². The molecule has 4 aromatic heterocycles. The van der Waals surface area contributed by atoms with Crippen LogP contribution in [0.1, 0.15) is 33.2 Å². The van der Waals surface area contributed by atoms with Crippen LogP contribution in [-0.2, 0) is 31.4 Å². The standard InChI is InChI=1S/C32H26F2N6O4S/c1-39-9-7-26(38-39)28-15-35-31(45-28)17-44-30-4-2-3-24(37-30)21-14-22(33)19(11-23(21)34)13-29-36-25-6-5-18(32(41)42)12-27(25)40(29)16-20-8-10-43-20/h2-7,9,11-12,14-15,20H,8,10,13,16-17H2,1H3,(H,41,42). The Morgan fingerprint density at radius 3 is 2.73 bits per heavy atom. The molecule has 1 aliphatic heterocycles. The number of carboxylic acid groups (broad SMARTS) is 1. The molecule has 228 valence electrons. The Kier molecular flexibility index (Phi) is 7.55. The molecule has 0 saturated carbocycles. The number of aromatic carboxylic acids is 1. The van der Waals surface area contributed by atoms with E-state index in [9.17, 15) is 9.90 Å². The summed E-state index contributed by atoms with van der Waals surface area (Å²) in [5, 5.41) is 14.6. The van der Waals surface area contributed by atoms with Gasteiger partial charge in [-0.05, 0) is 54.4 Å². The van der Waals surface area contributed by atoms with Gasteiger partial charge in [0.2, 0.25) is 5.88 Å². The van der Waals surface area contributed by atoms with Gasteiger partial charge in [0, 0.05) is 44.1 Å². The van der Waals surface area contributed by atoms with Gasteiger partial charge in [-0.25, -0.2) is 28.5 Å². The number of nitrogens with zero attached hydrogens (tertiary/aromatic N) is 6. The number of imidazole rings is 1. The third-order valence-corrected chi connectivity index (χ3v) is 8.59. The van der Waals surface area contributed by atoms with E-state index >= 15 is 8.78 Å². The predicted molar refractivity (Wildman–Crippen MR) is 162 cm³/mol. The van der Waals surface area contributed by atoms with Crippen LogP contribution in [0.5, 0.6) is 5.88 Å². The molecule has 10 nitrogen and oxygen atoms in total. The van der Waals surface area contributed by atoms with Crippen LogP contribution in [0, 0.1) is 11.6 Å². The Hall–Kier alpha value is -5.01. The number of carbonyl (C=O) groups is 1. The number of thiazole rings is 1. The molecule has 1 fully saturated rings. The second-order valence-corrected chi connectivity index (χ2v) is 11.8. The first kappa shape index (κ1) is 28.7. The molecular weight excluding hydrogens is 602 g/mol. The predicted octanol–water partition coefficient (Wildman–Crippen LogP) is 5.89. The van der Waals surface area contributed by atoms with Crippen molar-refractivity contribution in [1.82, 2.24) is 29.3 Å². The lowest BCUT2D eigenvalue weighted by atomic mass is 10.0. The largest absolute Gasteiger partial charge is 0.478 e. The average Bonchev–Trinajstić information content (AvgIpc) is 3.74. The number of pyridine rings is 1. The molecule has 45 heavy (non-hydrogen) atoms. The molecule has 1 N–H and O–H groups in total. The van der Waals surface area contributed by atoms with Gasteiger partial charge in [0.25, 0.3) is 0 Å². The lowest BCUT2D eigenvalue weighted by Gasteiger charge is -2.27. The summed E-state index contributed by atoms with van der Waals surface area (Å²) in [7, 11) is 1.85. The Bertz CT molecular complexity index is 2050. The Morgan fingerprint density at radius 1 is 1.11 bits per heavy atom. The Balaban J connectivity index is 1.11. The van der Waals surface area contributed by atoms with Crippen molar-refractivity contribution in [2.75, 3.05) is 6.61 Å². The maximum absolute atomic E-state index is 15.5. The normalized spacial score (nSPS) is 14.5. The smallest absolute Gasteiger partial charge is 0.335 e. The molecule has 0 spiro atoms. The third kappa shape index (κ3) is 5.91. The monoisotopic (exact) mass is 628 g/mol. The average molecular weight is 629 g/mol. The third-order valence-electron chi connectivity index (χ3n) is 7.60. The number of benzene rings is 2. The second kappa shape index (κ2) is 11.8. The number of fused-ring (bicyclic) bond motifs is 1. The molecule has 1 atom stereocenters. The van der Waals surface area contributed by atoms with Gasteiger partial charge in [-0.1, -0.05) is 6.07 Å². The maximum Gasteiger partial charge on any atom is 0.335 e. The van der Waals surface area contributed by atoms with Crippen LogP contribution in [0.15, 0.2) is 67.0 Å². The van der Waals surface area contributed by atoms with E-state index in [0.29, 0.717) is 30.0 Å². The fraction of sp³-hybridized carbons (Fsp3) is 0.219. The van der Waals surface area contributed by atoms with Gasteiger partial charge < -0.3 is 19.1 Å². The van der Waals surface area contributed by atoms with Gasteiger partial charge in [-0.2, -0.15) is 5.10 Å². The van der Waals surface area contributed by atoms with Crippen molar-refractivity contribution >= 4 is 28.3 Å². The van der Waals surface area contributed by atoms with Crippen molar-refractivity contribution in [2.45, 2.75) is 32.1 Å². The number of ether oxygens (including phenoxy) is 2. The first-order valence-corrected chi connectivity index (χ1v) is 15.0. The van der Waals surface area contributed by atoms with Crippen molar-refractivity contribution in [3.63, 3.8) is 0 Å². The van der Waals surface area contributed by atoms with Crippen molar-refractivity contribution in [3.05, 3.63) is 101 Å². The summed E-state index contributed by atoms with van der Waals surface area (Å²) >= 11 is 1.45. The van der Waals surface area contributed by atoms with E-state index in [4.69, 9.17) is 9.47 Å². The van der Waals surface area contributed by atoms with Crippen molar-refractivity contribution in [2.24, 2.45) is 7.05 Å². The van der Waals surface area contributed by atoms with E-state index in [1.54, 1.807) is 41.2 Å². The number of hydrogen-bond donors (Lipinski definition) is 1. The van der Waals surface area contributed by atoms with Crippen LogP contribution in [0.25, 0.3) is 32.9 Å². The SMILES string of the molecule is Cn1ccc(-c2cnc(COc3cccc(-c4cc(F)c(Cc5nc6ccc(C(=O)O)cc6n5CC5CCO5)cc4F)n3)s2)n1. The highest BCUT2D eigenvalue weighted by Crippen LogP contribution is 2.30. The zero-order valence-electron chi connectivity index (χ0n) is 24.0. The lowest BCUT2D eigenvalue weighted by Crippen LogP contribution is -2.31. The number of carboxylic acids is 1. The first-order chi connectivity index (χ1) is 21.8. The van der Waals surface area contributed by atoms with Gasteiger partial charge >= 0.3 is 5.97 Å². The summed E-state index contributed by atoms with van der Waals surface area (Å²) in [6, 6.07) is 13.7.